The highest BCUT2D eigenvalue weighted by Crippen LogP contribution is 2.41. The number of hydrogen-bond donors (Lipinski definition) is 0. The van der Waals surface area contributed by atoms with E-state index in [-0.39, 0.29) is 0 Å². The first-order valence-electron chi connectivity index (χ1n) is 4.93. The largest absolute Gasteiger partial charge is 0.320 e. The summed E-state index contributed by atoms with van der Waals surface area (Å²) in [6.07, 6.45) is 0. The highest BCUT2D eigenvalue weighted by Gasteiger charge is 2.29. The monoisotopic (exact) mass is 204 g/mol. The molecule has 0 saturated carbocycles. The van der Waals surface area contributed by atoms with Crippen LogP contribution in [-0.4, -0.2) is 18.3 Å². The smallest absolute Gasteiger partial charge is 0.168 e. The molecule has 1 aromatic rings. The third-order valence-electron chi connectivity index (χ3n) is 2.62. The van der Waals surface area contributed by atoms with Gasteiger partial charge in [0.1, 0.15) is 0 Å². The van der Waals surface area contributed by atoms with Crippen molar-refractivity contribution < 1.29 is 0 Å². The first kappa shape index (κ1) is 8.36. The lowest BCUT2D eigenvalue weighted by Gasteiger charge is -2.26. The van der Waals surface area contributed by atoms with Crippen molar-refractivity contribution in [1.82, 2.24) is 0 Å². The summed E-state index contributed by atoms with van der Waals surface area (Å²) in [6.45, 7) is 4.35. The van der Waals surface area contributed by atoms with E-state index in [1.165, 1.54) is 15.8 Å². The molecule has 0 N–H and O–H groups in total. The van der Waals surface area contributed by atoms with Gasteiger partial charge in [0, 0.05) is 18.0 Å². The Bertz CT molecular complexity index is 400. The van der Waals surface area contributed by atoms with Crippen LogP contribution in [-0.2, 0) is 0 Å². The van der Waals surface area contributed by atoms with Crippen LogP contribution in [0.4, 0.5) is 5.69 Å². The van der Waals surface area contributed by atoms with E-state index in [0.717, 1.165) is 13.1 Å². The second-order valence-electron chi connectivity index (χ2n) is 3.91. The molecule has 0 fully saturated rings. The molecule has 1 aromatic carbocycles. The van der Waals surface area contributed by atoms with E-state index in [9.17, 15) is 0 Å². The van der Waals surface area contributed by atoms with Crippen LogP contribution in [0.15, 0.2) is 34.2 Å². The van der Waals surface area contributed by atoms with Gasteiger partial charge in [0.25, 0.3) is 0 Å². The number of rotatable bonds is 0. The third kappa shape index (κ3) is 1.16. The second kappa shape index (κ2) is 3.02. The molecule has 1 unspecified atom stereocenters. The van der Waals surface area contributed by atoms with Crippen LogP contribution in [0.3, 0.4) is 0 Å². The van der Waals surface area contributed by atoms with Gasteiger partial charge < -0.3 is 4.90 Å². The molecular weight excluding hydrogens is 192 g/mol. The Balaban J connectivity index is 2.06. The molecule has 2 heterocycles. The summed E-state index contributed by atoms with van der Waals surface area (Å²) in [7, 11) is 0. The van der Waals surface area contributed by atoms with Crippen molar-refractivity contribution in [2.45, 2.75) is 11.8 Å². The number of hydrogen-bond acceptors (Lipinski definition) is 3. The van der Waals surface area contributed by atoms with Gasteiger partial charge in [-0.25, -0.2) is 0 Å². The normalized spacial score (nSPS) is 24.2. The molecule has 72 valence electrons. The number of anilines is 1. The van der Waals surface area contributed by atoms with Gasteiger partial charge in [0.15, 0.2) is 5.17 Å². The maximum absolute atomic E-state index is 4.59. The number of para-hydroxylation sites is 1. The Morgan fingerprint density at radius 1 is 1.43 bits per heavy atom. The summed E-state index contributed by atoms with van der Waals surface area (Å²) in [5.41, 5.74) is 1.34. The van der Waals surface area contributed by atoms with Gasteiger partial charge in [0.2, 0.25) is 0 Å². The molecule has 2 nitrogen and oxygen atoms in total. The summed E-state index contributed by atoms with van der Waals surface area (Å²) in [6, 6.07) is 8.55. The fourth-order valence-corrected chi connectivity index (χ4v) is 2.97. The van der Waals surface area contributed by atoms with Gasteiger partial charge in [-0.2, -0.15) is 0 Å². The van der Waals surface area contributed by atoms with Crippen LogP contribution in [0.2, 0.25) is 0 Å². The Morgan fingerprint density at radius 2 is 2.29 bits per heavy atom. The molecule has 0 amide bonds. The lowest BCUT2D eigenvalue weighted by Crippen LogP contribution is -2.35. The molecule has 0 bridgehead atoms. The molecule has 0 saturated heterocycles. The molecular formula is C11H12N2S. The fraction of sp³-hybridized carbons (Fsp3) is 0.364. The van der Waals surface area contributed by atoms with Crippen molar-refractivity contribution in [2.24, 2.45) is 10.9 Å². The van der Waals surface area contributed by atoms with Crippen molar-refractivity contribution in [3.05, 3.63) is 24.3 Å². The number of aliphatic imine (C=N–C) groups is 1. The predicted octanol–water partition coefficient (Wildman–Crippen LogP) is 2.60. The number of thioether (sulfide) groups is 1. The number of amidine groups is 1. The van der Waals surface area contributed by atoms with E-state index in [2.05, 4.69) is 41.1 Å². The first-order chi connectivity index (χ1) is 6.84. The fourth-order valence-electron chi connectivity index (χ4n) is 1.92. The average Bonchev–Trinajstić information content (AvgIpc) is 2.56. The van der Waals surface area contributed by atoms with Crippen LogP contribution in [0.1, 0.15) is 6.92 Å². The van der Waals surface area contributed by atoms with Crippen molar-refractivity contribution in [3.8, 4) is 0 Å². The van der Waals surface area contributed by atoms with Crippen LogP contribution in [0, 0.1) is 5.92 Å². The number of fused-ring (bicyclic) bond motifs is 3. The Morgan fingerprint density at radius 3 is 3.21 bits per heavy atom. The van der Waals surface area contributed by atoms with E-state index in [1.807, 2.05) is 0 Å². The summed E-state index contributed by atoms with van der Waals surface area (Å²) in [5, 5.41) is 1.18. The second-order valence-corrected chi connectivity index (χ2v) is 4.92. The molecule has 0 spiro atoms. The molecule has 14 heavy (non-hydrogen) atoms. The van der Waals surface area contributed by atoms with Crippen molar-refractivity contribution >= 4 is 22.6 Å². The Kier molecular flexibility index (Phi) is 1.80. The number of benzene rings is 1. The van der Waals surface area contributed by atoms with Gasteiger partial charge in [0.05, 0.1) is 5.69 Å². The molecule has 1 atom stereocenters. The van der Waals surface area contributed by atoms with E-state index < -0.39 is 0 Å². The molecule has 2 aliphatic rings. The standard InChI is InChI=1S/C11H12N2S/c1-8-6-12-11-13(7-8)9-4-2-3-5-10(9)14-11/h2-5,8H,6-7H2,1H3. The minimum absolute atomic E-state index is 0.672. The van der Waals surface area contributed by atoms with E-state index >= 15 is 0 Å². The zero-order chi connectivity index (χ0) is 9.54. The molecule has 0 aromatic heterocycles. The van der Waals surface area contributed by atoms with Gasteiger partial charge in [-0.05, 0) is 29.8 Å². The quantitative estimate of drug-likeness (QED) is 0.645. The van der Waals surface area contributed by atoms with Crippen molar-refractivity contribution in [3.63, 3.8) is 0 Å². The summed E-state index contributed by atoms with van der Waals surface area (Å²) in [4.78, 5) is 8.28. The Labute approximate surface area is 88.0 Å². The van der Waals surface area contributed by atoms with Gasteiger partial charge in [-0.3, -0.25) is 4.99 Å². The molecule has 2 aliphatic heterocycles. The Hall–Kier alpha value is -0.960. The lowest BCUT2D eigenvalue weighted by atomic mass is 10.1. The van der Waals surface area contributed by atoms with E-state index in [1.54, 1.807) is 11.8 Å². The zero-order valence-electron chi connectivity index (χ0n) is 8.10. The maximum Gasteiger partial charge on any atom is 0.168 e. The minimum Gasteiger partial charge on any atom is -0.320 e. The van der Waals surface area contributed by atoms with Crippen LogP contribution in [0.5, 0.6) is 0 Å². The molecule has 3 rings (SSSR count). The SMILES string of the molecule is CC1CN=C2Sc3ccccc3N2C1. The zero-order valence-corrected chi connectivity index (χ0v) is 8.92. The minimum atomic E-state index is 0.672. The molecule has 3 heteroatoms. The van der Waals surface area contributed by atoms with E-state index in [4.69, 9.17) is 0 Å². The lowest BCUT2D eigenvalue weighted by molar-refractivity contribution is 0.588. The van der Waals surface area contributed by atoms with E-state index in [0.29, 0.717) is 5.92 Å². The van der Waals surface area contributed by atoms with Gasteiger partial charge in [-0.1, -0.05) is 19.1 Å². The van der Waals surface area contributed by atoms with Crippen LogP contribution < -0.4 is 4.90 Å². The molecule has 0 radical (unpaired) electrons. The van der Waals surface area contributed by atoms with Crippen LogP contribution >= 0.6 is 11.8 Å². The maximum atomic E-state index is 4.59. The van der Waals surface area contributed by atoms with Crippen LogP contribution in [0.25, 0.3) is 0 Å². The summed E-state index contributed by atoms with van der Waals surface area (Å²) < 4.78 is 0. The van der Waals surface area contributed by atoms with Gasteiger partial charge >= 0.3 is 0 Å². The highest BCUT2D eigenvalue weighted by atomic mass is 32.2. The average molecular weight is 204 g/mol. The topological polar surface area (TPSA) is 15.6 Å². The third-order valence-corrected chi connectivity index (χ3v) is 3.72. The summed E-state index contributed by atoms with van der Waals surface area (Å²) in [5.74, 6) is 0.672. The van der Waals surface area contributed by atoms with Crippen molar-refractivity contribution in [2.75, 3.05) is 18.0 Å². The van der Waals surface area contributed by atoms with Crippen molar-refractivity contribution in [1.29, 1.82) is 0 Å². The first-order valence-corrected chi connectivity index (χ1v) is 5.75. The summed E-state index contributed by atoms with van der Waals surface area (Å²) >= 11 is 1.80. The van der Waals surface area contributed by atoms with Gasteiger partial charge in [-0.15, -0.1) is 0 Å². The highest BCUT2D eigenvalue weighted by molar-refractivity contribution is 8.14. The number of nitrogens with zero attached hydrogens (tertiary/aromatic N) is 2. The molecule has 0 aliphatic carbocycles. The predicted molar refractivity (Wildman–Crippen MR) is 61.1 cm³/mol.